The van der Waals surface area contributed by atoms with Gasteiger partial charge < -0.3 is 10.4 Å². The van der Waals surface area contributed by atoms with Gasteiger partial charge in [0.15, 0.2) is 0 Å². The molecule has 0 radical (unpaired) electrons. The smallest absolute Gasteiger partial charge is 0.325 e. The molecule has 0 saturated carbocycles. The molecule has 1 atom stereocenters. The molecule has 0 aromatic heterocycles. The summed E-state index contributed by atoms with van der Waals surface area (Å²) in [6, 6.07) is 6.33. The second-order valence-corrected chi connectivity index (χ2v) is 3.56. The van der Waals surface area contributed by atoms with E-state index in [2.05, 4.69) is 0 Å². The van der Waals surface area contributed by atoms with E-state index in [4.69, 9.17) is 5.11 Å². The van der Waals surface area contributed by atoms with Crippen LogP contribution in [0, 0.1) is 0 Å². The second kappa shape index (κ2) is 5.72. The molecule has 1 aromatic rings. The van der Waals surface area contributed by atoms with Gasteiger partial charge in [-0.2, -0.15) is 0 Å². The highest BCUT2D eigenvalue weighted by molar-refractivity contribution is 6.66. The summed E-state index contributed by atoms with van der Waals surface area (Å²) in [6.07, 6.45) is 0. The van der Waals surface area contributed by atoms with Crippen LogP contribution in [0.3, 0.4) is 0 Å². The molecule has 0 saturated heterocycles. The Bertz CT molecular complexity index is 494. The van der Waals surface area contributed by atoms with Gasteiger partial charge in [-0.25, -0.2) is 0 Å². The van der Waals surface area contributed by atoms with Gasteiger partial charge in [0, 0.05) is 5.56 Å². The summed E-state index contributed by atoms with van der Waals surface area (Å²) >= 11 is 0. The van der Waals surface area contributed by atoms with Gasteiger partial charge in [-0.1, -0.05) is 30.3 Å². The predicted molar refractivity (Wildman–Crippen MR) is 61.0 cm³/mol. The third kappa shape index (κ3) is 3.24. The number of benzene rings is 1. The van der Waals surface area contributed by atoms with Crippen LogP contribution >= 0.6 is 0 Å². The van der Waals surface area contributed by atoms with Crippen LogP contribution in [-0.4, -0.2) is 34.6 Å². The number of hydrogen-bond donors (Lipinski definition) is 2. The molecule has 0 aliphatic carbocycles. The Morgan fingerprint density at radius 3 is 2.17 bits per heavy atom. The Labute approximate surface area is 103 Å². The topological polar surface area (TPSA) is 101 Å². The van der Waals surface area contributed by atoms with Gasteiger partial charge in [-0.05, 0) is 6.92 Å². The first kappa shape index (κ1) is 13.6. The summed E-state index contributed by atoms with van der Waals surface area (Å²) in [4.78, 5) is 44.8. The van der Waals surface area contributed by atoms with Crippen LogP contribution in [0.2, 0.25) is 0 Å². The Balaban J connectivity index is 2.74. The van der Waals surface area contributed by atoms with E-state index in [1.807, 2.05) is 5.32 Å². The minimum atomic E-state index is -1.29. The molecule has 1 aromatic carbocycles. The number of aliphatic carboxylic acids is 1. The number of carbonyl (C=O) groups is 4. The third-order valence-corrected chi connectivity index (χ3v) is 2.17. The van der Waals surface area contributed by atoms with Gasteiger partial charge in [0.25, 0.3) is 11.7 Å². The Hall–Kier alpha value is -2.50. The number of amides is 1. The molecule has 0 heterocycles. The lowest BCUT2D eigenvalue weighted by Crippen LogP contribution is -2.44. The number of carboxylic acid groups (broad SMARTS) is 1. The first-order valence-corrected chi connectivity index (χ1v) is 5.11. The normalized spacial score (nSPS) is 11.4. The molecule has 6 nitrogen and oxygen atoms in total. The summed E-state index contributed by atoms with van der Waals surface area (Å²) in [5.74, 6) is -4.76. The van der Waals surface area contributed by atoms with E-state index in [0.29, 0.717) is 0 Å². The lowest BCUT2D eigenvalue weighted by Gasteiger charge is -2.07. The fraction of sp³-hybridized carbons (Fsp3) is 0.167. The summed E-state index contributed by atoms with van der Waals surface area (Å²) in [7, 11) is 0. The maximum atomic E-state index is 11.6. The quantitative estimate of drug-likeness (QED) is 0.435. The maximum absolute atomic E-state index is 11.6. The van der Waals surface area contributed by atoms with E-state index in [1.54, 1.807) is 18.2 Å². The number of nitrogens with one attached hydrogen (secondary N) is 1. The number of carboxylic acids is 1. The fourth-order valence-electron chi connectivity index (χ4n) is 1.15. The average Bonchev–Trinajstić information content (AvgIpc) is 2.37. The lowest BCUT2D eigenvalue weighted by molar-refractivity contribution is -0.142. The Morgan fingerprint density at radius 1 is 1.11 bits per heavy atom. The summed E-state index contributed by atoms with van der Waals surface area (Å²) in [5.41, 5.74) is 0.0839. The van der Waals surface area contributed by atoms with Crippen molar-refractivity contribution in [1.29, 1.82) is 0 Å². The summed E-state index contributed by atoms with van der Waals surface area (Å²) in [5, 5.41) is 10.5. The molecule has 0 aliphatic rings. The molecule has 0 aliphatic heterocycles. The van der Waals surface area contributed by atoms with Crippen molar-refractivity contribution in [1.82, 2.24) is 5.32 Å². The Kier molecular flexibility index (Phi) is 4.31. The molecule has 0 fully saturated rings. The van der Waals surface area contributed by atoms with Crippen molar-refractivity contribution in [3.05, 3.63) is 35.9 Å². The van der Waals surface area contributed by atoms with Crippen molar-refractivity contribution in [3.8, 4) is 0 Å². The van der Waals surface area contributed by atoms with Crippen molar-refractivity contribution in [3.63, 3.8) is 0 Å². The van der Waals surface area contributed by atoms with E-state index < -0.39 is 29.5 Å². The van der Waals surface area contributed by atoms with Crippen LogP contribution in [0.1, 0.15) is 17.3 Å². The van der Waals surface area contributed by atoms with Crippen LogP contribution in [0.25, 0.3) is 0 Å². The zero-order valence-electron chi connectivity index (χ0n) is 9.54. The molecule has 0 spiro atoms. The van der Waals surface area contributed by atoms with E-state index in [-0.39, 0.29) is 5.56 Å². The number of hydrogen-bond acceptors (Lipinski definition) is 4. The van der Waals surface area contributed by atoms with Crippen LogP contribution in [-0.2, 0) is 14.4 Å². The zero-order chi connectivity index (χ0) is 13.7. The van der Waals surface area contributed by atoms with Crippen molar-refractivity contribution in [2.75, 3.05) is 0 Å². The van der Waals surface area contributed by atoms with Crippen LogP contribution in [0.4, 0.5) is 0 Å². The molecular weight excluding hydrogens is 238 g/mol. The number of rotatable bonds is 5. The van der Waals surface area contributed by atoms with Crippen LogP contribution in [0.15, 0.2) is 30.3 Å². The highest BCUT2D eigenvalue weighted by Crippen LogP contribution is 2.01. The SMILES string of the molecule is C[C@H](NC(=O)C(=O)C(=O)c1ccccc1)C(=O)O. The molecule has 0 bridgehead atoms. The minimum absolute atomic E-state index is 0.0839. The molecule has 18 heavy (non-hydrogen) atoms. The highest BCUT2D eigenvalue weighted by Gasteiger charge is 2.26. The first-order chi connectivity index (χ1) is 8.43. The monoisotopic (exact) mass is 249 g/mol. The zero-order valence-corrected chi connectivity index (χ0v) is 9.54. The fourth-order valence-corrected chi connectivity index (χ4v) is 1.15. The highest BCUT2D eigenvalue weighted by atomic mass is 16.4. The predicted octanol–water partition coefficient (Wildman–Crippen LogP) is 0.0277. The maximum Gasteiger partial charge on any atom is 0.325 e. The molecule has 94 valence electrons. The van der Waals surface area contributed by atoms with Crippen molar-refractivity contribution < 1.29 is 24.3 Å². The van der Waals surface area contributed by atoms with Crippen molar-refractivity contribution in [2.45, 2.75) is 13.0 Å². The lowest BCUT2D eigenvalue weighted by atomic mass is 10.1. The third-order valence-electron chi connectivity index (χ3n) is 2.17. The second-order valence-electron chi connectivity index (χ2n) is 3.56. The van der Waals surface area contributed by atoms with E-state index in [1.165, 1.54) is 19.1 Å². The van der Waals surface area contributed by atoms with E-state index >= 15 is 0 Å². The number of ketones is 2. The number of Topliss-reactive ketones (excluding diaryl/α,β-unsaturated/α-hetero) is 2. The molecule has 2 N–H and O–H groups in total. The van der Waals surface area contributed by atoms with Gasteiger partial charge in [-0.3, -0.25) is 19.2 Å². The average molecular weight is 249 g/mol. The van der Waals surface area contributed by atoms with E-state index in [9.17, 15) is 19.2 Å². The first-order valence-electron chi connectivity index (χ1n) is 5.11. The molecule has 6 heteroatoms. The summed E-state index contributed by atoms with van der Waals surface area (Å²) in [6.45, 7) is 1.19. The Morgan fingerprint density at radius 2 is 1.67 bits per heavy atom. The largest absolute Gasteiger partial charge is 0.480 e. The van der Waals surface area contributed by atoms with Gasteiger partial charge in [0.2, 0.25) is 5.78 Å². The van der Waals surface area contributed by atoms with Gasteiger partial charge in [0.05, 0.1) is 0 Å². The van der Waals surface area contributed by atoms with Crippen LogP contribution in [0.5, 0.6) is 0 Å². The molecule has 1 rings (SSSR count). The van der Waals surface area contributed by atoms with Gasteiger partial charge in [0.1, 0.15) is 6.04 Å². The minimum Gasteiger partial charge on any atom is -0.480 e. The summed E-state index contributed by atoms with van der Waals surface area (Å²) < 4.78 is 0. The van der Waals surface area contributed by atoms with E-state index in [0.717, 1.165) is 0 Å². The van der Waals surface area contributed by atoms with Crippen molar-refractivity contribution >= 4 is 23.4 Å². The van der Waals surface area contributed by atoms with Crippen LogP contribution < -0.4 is 5.32 Å². The van der Waals surface area contributed by atoms with Gasteiger partial charge >= 0.3 is 5.97 Å². The molecular formula is C12H11NO5. The molecule has 1 amide bonds. The van der Waals surface area contributed by atoms with Gasteiger partial charge in [-0.15, -0.1) is 0 Å². The number of carbonyl (C=O) groups excluding carboxylic acids is 3. The standard InChI is InChI=1S/C12H11NO5/c1-7(12(17)18)13-11(16)10(15)9(14)8-5-3-2-4-6-8/h2-7H,1H3,(H,13,16)(H,17,18)/t7-/m0/s1. The van der Waals surface area contributed by atoms with Crippen molar-refractivity contribution in [2.24, 2.45) is 0 Å². The molecule has 0 unspecified atom stereocenters.